The minimum atomic E-state index is 0.00303. The monoisotopic (exact) mass is 223 g/mol. The number of rotatable bonds is 4. The van der Waals surface area contributed by atoms with Crippen LogP contribution in [0.3, 0.4) is 0 Å². The van der Waals surface area contributed by atoms with E-state index in [4.69, 9.17) is 12.2 Å². The molecule has 4 heteroatoms. The van der Waals surface area contributed by atoms with Crippen molar-refractivity contribution >= 4 is 5.91 Å². The van der Waals surface area contributed by atoms with Crippen LogP contribution in [0.4, 0.5) is 0 Å². The van der Waals surface area contributed by atoms with Crippen LogP contribution in [0.5, 0.6) is 0 Å². The zero-order valence-electron chi connectivity index (χ0n) is 9.91. The predicted molar refractivity (Wildman–Crippen MR) is 64.7 cm³/mol. The van der Waals surface area contributed by atoms with E-state index in [2.05, 4.69) is 23.1 Å². The van der Waals surface area contributed by atoms with Crippen LogP contribution >= 0.6 is 0 Å². The molecule has 4 nitrogen and oxygen atoms in total. The molecule has 0 bridgehead atoms. The maximum absolute atomic E-state index is 11.5. The van der Waals surface area contributed by atoms with Crippen molar-refractivity contribution in [3.8, 4) is 12.3 Å². The number of terminal acetylenes is 1. The highest BCUT2D eigenvalue weighted by Gasteiger charge is 2.25. The van der Waals surface area contributed by atoms with Crippen LogP contribution in [0.2, 0.25) is 0 Å². The molecule has 90 valence electrons. The van der Waals surface area contributed by atoms with Gasteiger partial charge in [0.2, 0.25) is 5.91 Å². The summed E-state index contributed by atoms with van der Waals surface area (Å²) in [6, 6.07) is 0.287. The molecule has 0 aromatic carbocycles. The average Bonchev–Trinajstić information content (AvgIpc) is 2.29. The second-order valence-electron chi connectivity index (χ2n) is 4.34. The van der Waals surface area contributed by atoms with Gasteiger partial charge in [0.25, 0.3) is 0 Å². The summed E-state index contributed by atoms with van der Waals surface area (Å²) >= 11 is 0. The Morgan fingerprint density at radius 2 is 2.44 bits per heavy atom. The van der Waals surface area contributed by atoms with Gasteiger partial charge in [-0.2, -0.15) is 0 Å². The normalized spacial score (nSPS) is 26.1. The molecule has 1 amide bonds. The summed E-state index contributed by atoms with van der Waals surface area (Å²) in [7, 11) is 0. The maximum Gasteiger partial charge on any atom is 0.234 e. The Balaban J connectivity index is 2.33. The van der Waals surface area contributed by atoms with Gasteiger partial charge in [-0.3, -0.25) is 9.69 Å². The standard InChI is InChI=1S/C12H21N3O/c1-3-6-14-12(16)9-15-7-5-11(13)10(4-2)8-15/h1,10-11H,4-9,13H2,2H3,(H,14,16). The van der Waals surface area contributed by atoms with Crippen LogP contribution in [-0.2, 0) is 4.79 Å². The Morgan fingerprint density at radius 3 is 3.06 bits per heavy atom. The Bertz CT molecular complexity index is 272. The third-order valence-electron chi connectivity index (χ3n) is 3.16. The molecule has 16 heavy (non-hydrogen) atoms. The second kappa shape index (κ2) is 6.51. The van der Waals surface area contributed by atoms with Gasteiger partial charge in [-0.05, 0) is 12.3 Å². The molecule has 0 aliphatic carbocycles. The highest BCUT2D eigenvalue weighted by molar-refractivity contribution is 5.78. The van der Waals surface area contributed by atoms with Crippen LogP contribution in [0.25, 0.3) is 0 Å². The third kappa shape index (κ3) is 3.84. The number of carbonyl (C=O) groups excluding carboxylic acids is 1. The molecule has 1 saturated heterocycles. The summed E-state index contributed by atoms with van der Waals surface area (Å²) in [4.78, 5) is 13.6. The number of likely N-dealkylation sites (tertiary alicyclic amines) is 1. The maximum atomic E-state index is 11.5. The summed E-state index contributed by atoms with van der Waals surface area (Å²) in [5.74, 6) is 2.90. The van der Waals surface area contributed by atoms with E-state index in [1.54, 1.807) is 0 Å². The van der Waals surface area contributed by atoms with Crippen molar-refractivity contribution in [1.29, 1.82) is 0 Å². The van der Waals surface area contributed by atoms with E-state index in [9.17, 15) is 4.79 Å². The van der Waals surface area contributed by atoms with Crippen molar-refractivity contribution in [3.05, 3.63) is 0 Å². The summed E-state index contributed by atoms with van der Waals surface area (Å²) in [5, 5.41) is 2.68. The molecule has 0 spiro atoms. The zero-order chi connectivity index (χ0) is 12.0. The van der Waals surface area contributed by atoms with E-state index in [1.807, 2.05) is 0 Å². The molecule has 0 radical (unpaired) electrons. The number of nitrogens with one attached hydrogen (secondary N) is 1. The van der Waals surface area contributed by atoms with Crippen LogP contribution < -0.4 is 11.1 Å². The molecule has 2 unspecified atom stereocenters. The van der Waals surface area contributed by atoms with Gasteiger partial charge < -0.3 is 11.1 Å². The van der Waals surface area contributed by atoms with E-state index in [1.165, 1.54) is 0 Å². The Labute approximate surface area is 97.6 Å². The largest absolute Gasteiger partial charge is 0.344 e. The first-order valence-electron chi connectivity index (χ1n) is 5.85. The summed E-state index contributed by atoms with van der Waals surface area (Å²) in [5.41, 5.74) is 6.01. The van der Waals surface area contributed by atoms with Crippen molar-refractivity contribution in [2.24, 2.45) is 11.7 Å². The van der Waals surface area contributed by atoms with Gasteiger partial charge in [0, 0.05) is 19.1 Å². The summed E-state index contributed by atoms with van der Waals surface area (Å²) < 4.78 is 0. The van der Waals surface area contributed by atoms with Gasteiger partial charge in [-0.25, -0.2) is 0 Å². The third-order valence-corrected chi connectivity index (χ3v) is 3.16. The van der Waals surface area contributed by atoms with Crippen molar-refractivity contribution in [2.75, 3.05) is 26.2 Å². The molecular formula is C12H21N3O. The first-order valence-corrected chi connectivity index (χ1v) is 5.85. The second-order valence-corrected chi connectivity index (χ2v) is 4.34. The molecule has 3 N–H and O–H groups in total. The lowest BCUT2D eigenvalue weighted by Crippen LogP contribution is -2.49. The van der Waals surface area contributed by atoms with Crippen LogP contribution in [0.1, 0.15) is 19.8 Å². The number of hydrogen-bond acceptors (Lipinski definition) is 3. The van der Waals surface area contributed by atoms with Gasteiger partial charge in [-0.1, -0.05) is 19.3 Å². The first-order chi connectivity index (χ1) is 7.67. The number of hydrogen-bond donors (Lipinski definition) is 2. The van der Waals surface area contributed by atoms with Gasteiger partial charge in [0.15, 0.2) is 0 Å². The fraction of sp³-hybridized carbons (Fsp3) is 0.750. The number of amides is 1. The number of nitrogens with zero attached hydrogens (tertiary/aromatic N) is 1. The minimum absolute atomic E-state index is 0.00303. The molecule has 1 aliphatic heterocycles. The minimum Gasteiger partial charge on any atom is -0.344 e. The van der Waals surface area contributed by atoms with E-state index in [-0.39, 0.29) is 11.9 Å². The average molecular weight is 223 g/mol. The first kappa shape index (κ1) is 13.0. The zero-order valence-corrected chi connectivity index (χ0v) is 9.91. The lowest BCUT2D eigenvalue weighted by atomic mass is 9.91. The van der Waals surface area contributed by atoms with Gasteiger partial charge in [0.1, 0.15) is 0 Å². The van der Waals surface area contributed by atoms with Gasteiger partial charge in [-0.15, -0.1) is 6.42 Å². The molecule has 0 saturated carbocycles. The van der Waals surface area contributed by atoms with Crippen molar-refractivity contribution < 1.29 is 4.79 Å². The number of nitrogens with two attached hydrogens (primary N) is 1. The van der Waals surface area contributed by atoms with E-state index < -0.39 is 0 Å². The van der Waals surface area contributed by atoms with Crippen molar-refractivity contribution in [2.45, 2.75) is 25.8 Å². The molecule has 0 aromatic heterocycles. The fourth-order valence-electron chi connectivity index (χ4n) is 2.11. The number of carbonyl (C=O) groups is 1. The summed E-state index contributed by atoms with van der Waals surface area (Å²) in [6.45, 7) is 4.71. The van der Waals surface area contributed by atoms with Crippen LogP contribution in [0, 0.1) is 18.3 Å². The highest BCUT2D eigenvalue weighted by atomic mass is 16.2. The topological polar surface area (TPSA) is 58.4 Å². The molecule has 2 atom stereocenters. The van der Waals surface area contributed by atoms with E-state index in [0.29, 0.717) is 19.0 Å². The lowest BCUT2D eigenvalue weighted by Gasteiger charge is -2.36. The molecule has 1 fully saturated rings. The van der Waals surface area contributed by atoms with Crippen molar-refractivity contribution in [3.63, 3.8) is 0 Å². The smallest absolute Gasteiger partial charge is 0.234 e. The molecular weight excluding hydrogens is 202 g/mol. The SMILES string of the molecule is C#CCNC(=O)CN1CCC(N)C(CC)C1. The Hall–Kier alpha value is -1.05. The van der Waals surface area contributed by atoms with E-state index >= 15 is 0 Å². The van der Waals surface area contributed by atoms with E-state index in [0.717, 1.165) is 25.9 Å². The molecule has 1 aliphatic rings. The van der Waals surface area contributed by atoms with Gasteiger partial charge in [0.05, 0.1) is 13.1 Å². The quantitative estimate of drug-likeness (QED) is 0.649. The summed E-state index contributed by atoms with van der Waals surface area (Å²) in [6.07, 6.45) is 7.12. The molecule has 0 aromatic rings. The Kier molecular flexibility index (Phi) is 5.30. The van der Waals surface area contributed by atoms with Gasteiger partial charge >= 0.3 is 0 Å². The Morgan fingerprint density at radius 1 is 1.69 bits per heavy atom. The molecule has 1 heterocycles. The predicted octanol–water partition coefficient (Wildman–Crippen LogP) is -0.205. The van der Waals surface area contributed by atoms with Crippen molar-refractivity contribution in [1.82, 2.24) is 10.2 Å². The fourth-order valence-corrected chi connectivity index (χ4v) is 2.11. The molecule has 1 rings (SSSR count). The number of piperidine rings is 1. The lowest BCUT2D eigenvalue weighted by molar-refractivity contribution is -0.122. The highest BCUT2D eigenvalue weighted by Crippen LogP contribution is 2.17. The van der Waals surface area contributed by atoms with Crippen LogP contribution in [-0.4, -0.2) is 43.0 Å². The van der Waals surface area contributed by atoms with Crippen LogP contribution in [0.15, 0.2) is 0 Å².